The van der Waals surface area contributed by atoms with E-state index in [4.69, 9.17) is 4.98 Å². The van der Waals surface area contributed by atoms with Crippen LogP contribution in [-0.4, -0.2) is 41.1 Å². The lowest BCUT2D eigenvalue weighted by atomic mass is 9.70. The molecule has 0 atom stereocenters. The number of aliphatic carboxylic acids is 1. The average Bonchev–Trinajstić information content (AvgIpc) is 2.89. The van der Waals surface area contributed by atoms with Gasteiger partial charge in [0.2, 0.25) is 5.91 Å². The number of carboxylic acids is 1. The molecule has 1 aliphatic carbocycles. The molecule has 1 aliphatic heterocycles. The Morgan fingerprint density at radius 1 is 1.06 bits per heavy atom. The first-order valence-corrected chi connectivity index (χ1v) is 13.1. The molecule has 2 fully saturated rings. The van der Waals surface area contributed by atoms with E-state index in [2.05, 4.69) is 47.5 Å². The van der Waals surface area contributed by atoms with Gasteiger partial charge in [-0.1, -0.05) is 37.3 Å². The predicted molar refractivity (Wildman–Crippen MR) is 139 cm³/mol. The summed E-state index contributed by atoms with van der Waals surface area (Å²) >= 11 is 0. The van der Waals surface area contributed by atoms with Gasteiger partial charge in [0.15, 0.2) is 0 Å². The monoisotopic (exact) mass is 477 g/mol. The van der Waals surface area contributed by atoms with Crippen LogP contribution in [0.5, 0.6) is 0 Å². The highest BCUT2D eigenvalue weighted by Crippen LogP contribution is 2.39. The molecule has 35 heavy (non-hydrogen) atoms. The fraction of sp³-hybridized carbons (Fsp3) is 0.552. The molecule has 0 radical (unpaired) electrons. The van der Waals surface area contributed by atoms with Crippen LogP contribution in [0.2, 0.25) is 0 Å². The third-order valence-electron chi connectivity index (χ3n) is 8.23. The number of hydrogen-bond acceptors (Lipinski definition) is 4. The van der Waals surface area contributed by atoms with Crippen LogP contribution in [0, 0.1) is 17.3 Å². The lowest BCUT2D eigenvalue weighted by molar-refractivity contribution is -0.151. The molecule has 2 aromatic rings. The van der Waals surface area contributed by atoms with Crippen LogP contribution in [0.15, 0.2) is 42.6 Å². The Hall–Kier alpha value is -2.89. The van der Waals surface area contributed by atoms with Crippen molar-refractivity contribution in [1.82, 2.24) is 10.3 Å². The SMILES string of the molecule is CCc1cnc(N2CCC(C(=O)NC3CCC(C(C)(C)C(=O)O)CC3)CC2)c(-c2ccccc2)c1. The molecule has 1 saturated carbocycles. The number of carbonyl (C=O) groups is 2. The van der Waals surface area contributed by atoms with E-state index in [-0.39, 0.29) is 23.8 Å². The fourth-order valence-electron chi connectivity index (χ4n) is 5.58. The topological polar surface area (TPSA) is 82.5 Å². The molecule has 1 amide bonds. The second-order valence-corrected chi connectivity index (χ2v) is 10.8. The number of carboxylic acid groups (broad SMARTS) is 1. The number of nitrogens with one attached hydrogen (secondary N) is 1. The number of aryl methyl sites for hydroxylation is 1. The average molecular weight is 478 g/mol. The highest BCUT2D eigenvalue weighted by atomic mass is 16.4. The minimum absolute atomic E-state index is 0.0227. The van der Waals surface area contributed by atoms with Crippen molar-refractivity contribution in [3.8, 4) is 11.1 Å². The summed E-state index contributed by atoms with van der Waals surface area (Å²) < 4.78 is 0. The van der Waals surface area contributed by atoms with Crippen molar-refractivity contribution >= 4 is 17.7 Å². The number of nitrogens with zero attached hydrogens (tertiary/aromatic N) is 2. The standard InChI is InChI=1S/C29H39N3O3/c1-4-20-18-25(21-8-6-5-7-9-21)26(30-19-20)32-16-14-22(15-17-32)27(33)31-24-12-10-23(11-13-24)29(2,3)28(34)35/h5-9,18-19,22-24H,4,10-17H2,1-3H3,(H,31,33)(H,34,35). The van der Waals surface area contributed by atoms with Crippen molar-refractivity contribution in [2.45, 2.75) is 71.8 Å². The molecule has 2 N–H and O–H groups in total. The minimum atomic E-state index is -0.731. The summed E-state index contributed by atoms with van der Waals surface area (Å²) in [7, 11) is 0. The number of carbonyl (C=O) groups excluding carboxylic acids is 1. The van der Waals surface area contributed by atoms with E-state index < -0.39 is 11.4 Å². The summed E-state index contributed by atoms with van der Waals surface area (Å²) in [5, 5.41) is 12.8. The zero-order valence-electron chi connectivity index (χ0n) is 21.3. The first-order valence-electron chi connectivity index (χ1n) is 13.1. The van der Waals surface area contributed by atoms with Crippen LogP contribution in [0.1, 0.15) is 64.9 Å². The Labute approximate surface area is 209 Å². The number of piperidine rings is 1. The first kappa shape index (κ1) is 25.2. The van der Waals surface area contributed by atoms with Crippen molar-refractivity contribution in [2.75, 3.05) is 18.0 Å². The fourth-order valence-corrected chi connectivity index (χ4v) is 5.58. The number of amides is 1. The Bertz CT molecular complexity index is 1020. The second kappa shape index (κ2) is 10.8. The lowest BCUT2D eigenvalue weighted by Crippen LogP contribution is -2.46. The summed E-state index contributed by atoms with van der Waals surface area (Å²) in [5.41, 5.74) is 2.85. The van der Waals surface area contributed by atoms with Crippen molar-refractivity contribution in [1.29, 1.82) is 0 Å². The molecule has 4 rings (SSSR count). The van der Waals surface area contributed by atoms with Gasteiger partial charge in [-0.15, -0.1) is 0 Å². The number of anilines is 1. The molecule has 0 spiro atoms. The van der Waals surface area contributed by atoms with Crippen LogP contribution < -0.4 is 10.2 Å². The van der Waals surface area contributed by atoms with Crippen molar-refractivity contribution in [3.05, 3.63) is 48.2 Å². The van der Waals surface area contributed by atoms with Gasteiger partial charge in [0, 0.05) is 36.8 Å². The van der Waals surface area contributed by atoms with Gasteiger partial charge in [0.1, 0.15) is 5.82 Å². The maximum absolute atomic E-state index is 13.0. The van der Waals surface area contributed by atoms with Gasteiger partial charge >= 0.3 is 5.97 Å². The lowest BCUT2D eigenvalue weighted by Gasteiger charge is -2.38. The van der Waals surface area contributed by atoms with E-state index in [9.17, 15) is 14.7 Å². The van der Waals surface area contributed by atoms with Crippen molar-refractivity contribution in [3.63, 3.8) is 0 Å². The van der Waals surface area contributed by atoms with Gasteiger partial charge in [-0.05, 0) is 81.9 Å². The maximum Gasteiger partial charge on any atom is 0.309 e. The molecule has 6 heteroatoms. The molecule has 2 aliphatic rings. The molecule has 188 valence electrons. The van der Waals surface area contributed by atoms with E-state index in [1.54, 1.807) is 0 Å². The largest absolute Gasteiger partial charge is 0.481 e. The summed E-state index contributed by atoms with van der Waals surface area (Å²) in [6.45, 7) is 7.42. The summed E-state index contributed by atoms with van der Waals surface area (Å²) in [4.78, 5) is 31.8. The number of rotatable bonds is 7. The van der Waals surface area contributed by atoms with E-state index in [1.165, 1.54) is 11.1 Å². The van der Waals surface area contributed by atoms with Gasteiger partial charge in [0.05, 0.1) is 5.41 Å². The Balaban J connectivity index is 1.33. The van der Waals surface area contributed by atoms with Crippen LogP contribution in [0.4, 0.5) is 5.82 Å². The molecule has 0 bridgehead atoms. The molecule has 1 aromatic heterocycles. The van der Waals surface area contributed by atoms with E-state index in [0.717, 1.165) is 69.4 Å². The number of benzene rings is 1. The number of hydrogen-bond donors (Lipinski definition) is 2. The third kappa shape index (κ3) is 5.68. The molecule has 1 aromatic carbocycles. The van der Waals surface area contributed by atoms with E-state index in [1.807, 2.05) is 26.1 Å². The maximum atomic E-state index is 13.0. The van der Waals surface area contributed by atoms with Gasteiger partial charge in [-0.3, -0.25) is 9.59 Å². The van der Waals surface area contributed by atoms with Gasteiger partial charge in [0.25, 0.3) is 0 Å². The Morgan fingerprint density at radius 3 is 2.31 bits per heavy atom. The molecule has 1 saturated heterocycles. The second-order valence-electron chi connectivity index (χ2n) is 10.8. The van der Waals surface area contributed by atoms with Gasteiger partial charge in [-0.25, -0.2) is 4.98 Å². The minimum Gasteiger partial charge on any atom is -0.481 e. The molecular formula is C29H39N3O3. The van der Waals surface area contributed by atoms with E-state index >= 15 is 0 Å². The van der Waals surface area contributed by atoms with E-state index in [0.29, 0.717) is 0 Å². The predicted octanol–water partition coefficient (Wildman–Crippen LogP) is 5.31. The molecule has 2 heterocycles. The highest BCUT2D eigenvalue weighted by molar-refractivity contribution is 5.80. The number of aromatic nitrogens is 1. The third-order valence-corrected chi connectivity index (χ3v) is 8.23. The quantitative estimate of drug-likeness (QED) is 0.564. The van der Waals surface area contributed by atoms with Crippen LogP contribution in [0.25, 0.3) is 11.1 Å². The normalized spacial score (nSPS) is 21.5. The zero-order valence-corrected chi connectivity index (χ0v) is 21.3. The smallest absolute Gasteiger partial charge is 0.309 e. The van der Waals surface area contributed by atoms with Gasteiger partial charge in [-0.2, -0.15) is 0 Å². The molecule has 0 unspecified atom stereocenters. The summed E-state index contributed by atoms with van der Waals surface area (Å²) in [6.07, 6.45) is 7.99. The van der Waals surface area contributed by atoms with Crippen LogP contribution >= 0.6 is 0 Å². The van der Waals surface area contributed by atoms with Crippen molar-refractivity contribution < 1.29 is 14.7 Å². The summed E-state index contributed by atoms with van der Waals surface area (Å²) in [6, 6.07) is 12.8. The zero-order chi connectivity index (χ0) is 25.0. The molecule has 6 nitrogen and oxygen atoms in total. The first-order chi connectivity index (χ1) is 16.8. The highest BCUT2D eigenvalue weighted by Gasteiger charge is 2.39. The molecular weight excluding hydrogens is 438 g/mol. The summed E-state index contributed by atoms with van der Waals surface area (Å²) in [5.74, 6) is 0.622. The van der Waals surface area contributed by atoms with Crippen molar-refractivity contribution in [2.24, 2.45) is 17.3 Å². The van der Waals surface area contributed by atoms with Crippen LogP contribution in [-0.2, 0) is 16.0 Å². The Morgan fingerprint density at radius 2 is 1.71 bits per heavy atom. The Kier molecular flexibility index (Phi) is 7.78. The van der Waals surface area contributed by atoms with Crippen LogP contribution in [0.3, 0.4) is 0 Å². The van der Waals surface area contributed by atoms with Gasteiger partial charge < -0.3 is 15.3 Å². The number of pyridine rings is 1.